The van der Waals surface area contributed by atoms with Gasteiger partial charge in [-0.25, -0.2) is 4.79 Å². The van der Waals surface area contributed by atoms with E-state index in [0.717, 1.165) is 5.69 Å². The van der Waals surface area contributed by atoms with Crippen molar-refractivity contribution in [3.63, 3.8) is 0 Å². The van der Waals surface area contributed by atoms with E-state index >= 15 is 0 Å². The number of nitrogen functional groups attached to an aromatic ring is 1. The number of rotatable bonds is 9. The number of hydrogen-bond donors (Lipinski definition) is 7. The predicted molar refractivity (Wildman–Crippen MR) is 129 cm³/mol. The molecular formula is C20H27BaN7O6. The second kappa shape index (κ2) is 12.1. The van der Waals surface area contributed by atoms with E-state index in [2.05, 4.69) is 25.9 Å². The number of likely N-dealkylation sites (N-methyl/N-ethyl adjacent to an activating group) is 1. The van der Waals surface area contributed by atoms with Crippen LogP contribution in [0.1, 0.15) is 23.2 Å². The summed E-state index contributed by atoms with van der Waals surface area (Å²) in [7, 11) is 1.79. The number of nitrogens with zero attached hydrogens (tertiary/aromatic N) is 2. The van der Waals surface area contributed by atoms with Crippen LogP contribution in [0.15, 0.2) is 29.1 Å². The molecule has 0 bridgehead atoms. The normalized spacial score (nSPS) is 15.2. The van der Waals surface area contributed by atoms with Gasteiger partial charge in [-0.3, -0.25) is 19.4 Å². The molecule has 1 aromatic heterocycles. The first-order chi connectivity index (χ1) is 15.7. The molecule has 13 nitrogen and oxygen atoms in total. The zero-order valence-electron chi connectivity index (χ0n) is 17.8. The third kappa shape index (κ3) is 6.90. The number of nitrogens with one attached hydrogen (secondary N) is 4. The fourth-order valence-corrected chi connectivity index (χ4v) is 3.42. The van der Waals surface area contributed by atoms with Crippen molar-refractivity contribution in [3.8, 4) is 0 Å². The summed E-state index contributed by atoms with van der Waals surface area (Å²) in [6.07, 6.45) is -0.586. The van der Waals surface area contributed by atoms with Crippen LogP contribution < -0.4 is 32.1 Å². The minimum atomic E-state index is -1.30. The number of aromatic amines is 1. The number of H-pyrrole nitrogens is 1. The zero-order valence-corrected chi connectivity index (χ0v) is 17.8. The Hall–Kier alpha value is -2.72. The number of nitrogens with two attached hydrogens (primary N) is 1. The maximum absolute atomic E-state index is 12.3. The monoisotopic (exact) mass is 599 g/mol. The van der Waals surface area contributed by atoms with E-state index in [1.54, 1.807) is 19.2 Å². The van der Waals surface area contributed by atoms with Crippen LogP contribution in [0.2, 0.25) is 0 Å². The van der Waals surface area contributed by atoms with E-state index in [1.165, 1.54) is 12.1 Å². The van der Waals surface area contributed by atoms with Crippen LogP contribution in [-0.4, -0.2) is 119 Å². The number of carbonyl (C=O) groups is 3. The number of fused-ring (bicyclic) bond motifs is 1. The molecule has 0 fully saturated rings. The van der Waals surface area contributed by atoms with Crippen molar-refractivity contribution < 1.29 is 24.6 Å². The Labute approximate surface area is 234 Å². The molecule has 180 valence electrons. The molecule has 1 aliphatic heterocycles. The van der Waals surface area contributed by atoms with Crippen LogP contribution in [0.4, 0.5) is 23.1 Å². The van der Waals surface area contributed by atoms with Gasteiger partial charge in [-0.05, 0) is 30.7 Å². The zero-order chi connectivity index (χ0) is 24.1. The van der Waals surface area contributed by atoms with E-state index in [9.17, 15) is 24.3 Å². The summed E-state index contributed by atoms with van der Waals surface area (Å²) in [6, 6.07) is 5.03. The van der Waals surface area contributed by atoms with E-state index in [-0.39, 0.29) is 84.8 Å². The van der Waals surface area contributed by atoms with Crippen LogP contribution in [-0.2, 0) is 9.59 Å². The van der Waals surface area contributed by atoms with Gasteiger partial charge in [0.2, 0.25) is 5.95 Å². The first kappa shape index (κ1) is 27.5. The van der Waals surface area contributed by atoms with Gasteiger partial charge in [0, 0.05) is 37.8 Å². The van der Waals surface area contributed by atoms with Gasteiger partial charge in [0.05, 0.1) is 6.04 Å². The van der Waals surface area contributed by atoms with Crippen LogP contribution in [0.5, 0.6) is 0 Å². The molecule has 0 aliphatic carbocycles. The number of carboxylic acids is 2. The molecule has 1 amide bonds. The Kier molecular flexibility index (Phi) is 9.81. The first-order valence-corrected chi connectivity index (χ1v) is 10.1. The number of aromatic nitrogens is 2. The fourth-order valence-electron chi connectivity index (χ4n) is 3.42. The van der Waals surface area contributed by atoms with Crippen LogP contribution in [0.25, 0.3) is 0 Å². The molecular weight excluding hydrogens is 572 g/mol. The molecule has 1 aromatic carbocycles. The summed E-state index contributed by atoms with van der Waals surface area (Å²) in [4.78, 5) is 54.9. The quantitative estimate of drug-likeness (QED) is 0.171. The van der Waals surface area contributed by atoms with Crippen molar-refractivity contribution in [2.75, 3.05) is 41.4 Å². The first-order valence-electron chi connectivity index (χ1n) is 10.1. The molecule has 0 spiro atoms. The van der Waals surface area contributed by atoms with E-state index in [0.29, 0.717) is 24.6 Å². The molecule has 0 saturated carbocycles. The van der Waals surface area contributed by atoms with E-state index in [1.807, 2.05) is 4.90 Å². The summed E-state index contributed by atoms with van der Waals surface area (Å²) >= 11 is 0. The fraction of sp³-hybridized carbons (Fsp3) is 0.350. The average molecular weight is 599 g/mol. The van der Waals surface area contributed by atoms with Gasteiger partial charge in [0.25, 0.3) is 11.5 Å². The van der Waals surface area contributed by atoms with Gasteiger partial charge in [-0.1, -0.05) is 0 Å². The van der Waals surface area contributed by atoms with Gasteiger partial charge < -0.3 is 36.8 Å². The van der Waals surface area contributed by atoms with Gasteiger partial charge >= 0.3 is 60.8 Å². The molecule has 2 aromatic rings. The van der Waals surface area contributed by atoms with Crippen LogP contribution >= 0.6 is 0 Å². The molecule has 2 heterocycles. The van der Waals surface area contributed by atoms with Gasteiger partial charge in [-0.2, -0.15) is 4.98 Å². The summed E-state index contributed by atoms with van der Waals surface area (Å²) in [5.41, 5.74) is 6.59. The molecule has 1 aliphatic rings. The van der Waals surface area contributed by atoms with Crippen molar-refractivity contribution in [2.24, 2.45) is 0 Å². The topological polar surface area (TPSA) is 203 Å². The number of benzene rings is 1. The maximum atomic E-state index is 12.3. The Balaban J connectivity index is 0.00000408. The summed E-state index contributed by atoms with van der Waals surface area (Å²) in [5.74, 6) is -2.59. The van der Waals surface area contributed by atoms with Crippen molar-refractivity contribution in [3.05, 3.63) is 40.2 Å². The second-order valence-electron chi connectivity index (χ2n) is 7.55. The third-order valence-corrected chi connectivity index (χ3v) is 5.26. The molecule has 34 heavy (non-hydrogen) atoms. The summed E-state index contributed by atoms with van der Waals surface area (Å²) < 4.78 is 0. The van der Waals surface area contributed by atoms with Gasteiger partial charge in [0.1, 0.15) is 11.7 Å². The molecule has 3 rings (SSSR count). The molecule has 0 radical (unpaired) electrons. The molecule has 2 unspecified atom stereocenters. The van der Waals surface area contributed by atoms with E-state index in [4.69, 9.17) is 10.8 Å². The second-order valence-corrected chi connectivity index (χ2v) is 7.55. The Morgan fingerprint density at radius 3 is 2.56 bits per heavy atom. The van der Waals surface area contributed by atoms with Crippen LogP contribution in [0.3, 0.4) is 0 Å². The number of carboxylic acid groups (broad SMARTS) is 2. The minimum absolute atomic E-state index is 0. The van der Waals surface area contributed by atoms with Crippen molar-refractivity contribution >= 4 is 89.9 Å². The third-order valence-electron chi connectivity index (χ3n) is 5.26. The molecule has 14 heteroatoms. The molecule has 2 atom stereocenters. The van der Waals surface area contributed by atoms with Crippen LogP contribution in [0, 0.1) is 0 Å². The van der Waals surface area contributed by atoms with Crippen molar-refractivity contribution in [1.29, 1.82) is 0 Å². The Morgan fingerprint density at radius 1 is 1.26 bits per heavy atom. The number of anilines is 4. The summed E-state index contributed by atoms with van der Waals surface area (Å²) in [6.45, 7) is 1.01. The standard InChI is InChI=1S/C20H25N7O6.Ba.2H/c1-27-12(9-23-16-15(27)18(31)26-20(21)25-16)8-22-11-4-2-10(3-5-11)17(30)24-13(19(32)33)6-7-14(28)29;;;/h2-5,12-13,22H,6-9H2,1H3,(H,24,30)(H,28,29)(H,32,33)(H4,21,23,25,26,31);;;. The number of hydrogen-bond acceptors (Lipinski definition) is 9. The molecule has 0 saturated heterocycles. The Morgan fingerprint density at radius 2 is 1.94 bits per heavy atom. The average Bonchev–Trinajstić information content (AvgIpc) is 2.75. The van der Waals surface area contributed by atoms with Crippen molar-refractivity contribution in [1.82, 2.24) is 15.3 Å². The number of aliphatic carboxylic acids is 2. The Bertz CT molecular complexity index is 1110. The van der Waals surface area contributed by atoms with Crippen molar-refractivity contribution in [2.45, 2.75) is 24.9 Å². The molecule has 8 N–H and O–H groups in total. The summed E-state index contributed by atoms with van der Waals surface area (Å²) in [5, 5.41) is 26.6. The number of amides is 1. The van der Waals surface area contributed by atoms with E-state index < -0.39 is 23.9 Å². The predicted octanol–water partition coefficient (Wildman–Crippen LogP) is -1.17. The van der Waals surface area contributed by atoms with Gasteiger partial charge in [0.15, 0.2) is 5.82 Å². The van der Waals surface area contributed by atoms with Gasteiger partial charge in [-0.15, -0.1) is 0 Å². The SMILES string of the molecule is CN1c2c(nc(N)[nH]c2=O)NCC1CNc1ccc(C(=O)NC(CCC(=O)O)C(=O)O)cc1.[BaH2]. The number of carbonyl (C=O) groups excluding carboxylic acids is 1.